The number of aliphatic hydroxyl groups is 1. The second kappa shape index (κ2) is 4.97. The number of nitrogens with zero attached hydrogens (tertiary/aromatic N) is 1. The molecular weight excluding hydrogens is 212 g/mol. The maximum atomic E-state index is 10.2. The third-order valence-electron chi connectivity index (χ3n) is 2.89. The predicted octanol–water partition coefficient (Wildman–Crippen LogP) is 2.25. The van der Waals surface area contributed by atoms with E-state index in [2.05, 4.69) is 4.98 Å². The number of anilines is 1. The van der Waals surface area contributed by atoms with E-state index >= 15 is 0 Å². The van der Waals surface area contributed by atoms with Crippen LogP contribution < -0.4 is 5.73 Å². The minimum Gasteiger partial charge on any atom is -0.388 e. The number of rotatable bonds is 3. The van der Waals surface area contributed by atoms with Gasteiger partial charge in [-0.25, -0.2) is 4.98 Å². The summed E-state index contributed by atoms with van der Waals surface area (Å²) in [6, 6.07) is 11.5. The van der Waals surface area contributed by atoms with Gasteiger partial charge in [-0.3, -0.25) is 0 Å². The van der Waals surface area contributed by atoms with Gasteiger partial charge in [-0.15, -0.1) is 0 Å². The van der Waals surface area contributed by atoms with E-state index in [-0.39, 0.29) is 0 Å². The lowest BCUT2D eigenvalue weighted by Crippen LogP contribution is -2.06. The number of hydrogen-bond acceptors (Lipinski definition) is 3. The quantitative estimate of drug-likeness (QED) is 0.847. The van der Waals surface area contributed by atoms with E-state index in [0.717, 1.165) is 16.7 Å². The van der Waals surface area contributed by atoms with Crippen LogP contribution in [-0.2, 0) is 6.42 Å². The monoisotopic (exact) mass is 228 g/mol. The zero-order chi connectivity index (χ0) is 12.3. The molecule has 17 heavy (non-hydrogen) atoms. The van der Waals surface area contributed by atoms with Crippen molar-refractivity contribution in [2.45, 2.75) is 19.4 Å². The lowest BCUT2D eigenvalue weighted by atomic mass is 9.98. The minimum atomic E-state index is -0.539. The van der Waals surface area contributed by atoms with Gasteiger partial charge >= 0.3 is 0 Å². The highest BCUT2D eigenvalue weighted by Crippen LogP contribution is 2.22. The van der Waals surface area contributed by atoms with E-state index in [1.54, 1.807) is 6.20 Å². The van der Waals surface area contributed by atoms with Crippen LogP contribution in [0, 0.1) is 6.92 Å². The average molecular weight is 228 g/mol. The van der Waals surface area contributed by atoms with E-state index in [1.807, 2.05) is 43.3 Å². The first-order chi connectivity index (χ1) is 8.18. The summed E-state index contributed by atoms with van der Waals surface area (Å²) >= 11 is 0. The van der Waals surface area contributed by atoms with Crippen LogP contribution in [0.3, 0.4) is 0 Å². The fraction of sp³-hybridized carbons (Fsp3) is 0.214. The summed E-state index contributed by atoms with van der Waals surface area (Å²) in [7, 11) is 0. The molecule has 0 saturated carbocycles. The van der Waals surface area contributed by atoms with Crippen molar-refractivity contribution >= 4 is 5.82 Å². The van der Waals surface area contributed by atoms with E-state index in [4.69, 9.17) is 5.73 Å². The van der Waals surface area contributed by atoms with Crippen molar-refractivity contribution in [1.82, 2.24) is 4.98 Å². The van der Waals surface area contributed by atoms with Crippen LogP contribution >= 0.6 is 0 Å². The normalized spacial score (nSPS) is 12.4. The highest BCUT2D eigenvalue weighted by atomic mass is 16.3. The average Bonchev–Trinajstić information content (AvgIpc) is 2.32. The Labute approximate surface area is 101 Å². The van der Waals surface area contributed by atoms with Gasteiger partial charge in [0.25, 0.3) is 0 Å². The summed E-state index contributed by atoms with van der Waals surface area (Å²) in [5.74, 6) is 0.486. The smallest absolute Gasteiger partial charge is 0.126 e. The molecule has 0 radical (unpaired) electrons. The number of aryl methyl sites for hydroxylation is 1. The van der Waals surface area contributed by atoms with E-state index in [0.29, 0.717) is 12.2 Å². The number of nitrogen functional groups attached to an aromatic ring is 1. The molecule has 3 heteroatoms. The molecule has 1 heterocycles. The van der Waals surface area contributed by atoms with Gasteiger partial charge in [-0.2, -0.15) is 0 Å². The molecular formula is C14H16N2O. The van der Waals surface area contributed by atoms with Crippen molar-refractivity contribution in [3.05, 3.63) is 59.3 Å². The molecule has 0 aliphatic rings. The van der Waals surface area contributed by atoms with Crippen LogP contribution in [-0.4, -0.2) is 10.1 Å². The summed E-state index contributed by atoms with van der Waals surface area (Å²) in [4.78, 5) is 4.01. The van der Waals surface area contributed by atoms with Crippen molar-refractivity contribution in [1.29, 1.82) is 0 Å². The Morgan fingerprint density at radius 2 is 2.00 bits per heavy atom. The van der Waals surface area contributed by atoms with Crippen molar-refractivity contribution in [2.75, 3.05) is 5.73 Å². The van der Waals surface area contributed by atoms with Gasteiger partial charge in [0, 0.05) is 12.6 Å². The number of hydrogen-bond donors (Lipinski definition) is 2. The maximum absolute atomic E-state index is 10.2. The number of aliphatic hydroxyl groups excluding tert-OH is 1. The van der Waals surface area contributed by atoms with Crippen molar-refractivity contribution in [3.8, 4) is 0 Å². The summed E-state index contributed by atoms with van der Waals surface area (Å²) in [5.41, 5.74) is 8.67. The Balaban J connectivity index is 2.20. The number of aromatic nitrogens is 1. The SMILES string of the molecule is Cc1ccccc1C(O)Cc1cccnc1N. The topological polar surface area (TPSA) is 59.1 Å². The number of pyridine rings is 1. The van der Waals surface area contributed by atoms with Crippen molar-refractivity contribution < 1.29 is 5.11 Å². The summed E-state index contributed by atoms with van der Waals surface area (Å²) < 4.78 is 0. The third-order valence-corrected chi connectivity index (χ3v) is 2.89. The molecule has 0 saturated heterocycles. The zero-order valence-corrected chi connectivity index (χ0v) is 9.80. The van der Waals surface area contributed by atoms with Gasteiger partial charge < -0.3 is 10.8 Å². The standard InChI is InChI=1S/C14H16N2O/c1-10-5-2-3-7-12(10)13(17)9-11-6-4-8-16-14(11)15/h2-8,13,17H,9H2,1H3,(H2,15,16). The predicted molar refractivity (Wildman–Crippen MR) is 68.5 cm³/mol. The molecule has 3 N–H and O–H groups in total. The minimum absolute atomic E-state index is 0.486. The van der Waals surface area contributed by atoms with Gasteiger partial charge in [0.15, 0.2) is 0 Å². The molecule has 3 nitrogen and oxygen atoms in total. The highest BCUT2D eigenvalue weighted by molar-refractivity contribution is 5.40. The number of benzene rings is 1. The largest absolute Gasteiger partial charge is 0.388 e. The first-order valence-corrected chi connectivity index (χ1v) is 5.61. The second-order valence-corrected chi connectivity index (χ2v) is 4.12. The molecule has 0 amide bonds. The molecule has 2 rings (SSSR count). The Morgan fingerprint density at radius 1 is 1.24 bits per heavy atom. The summed E-state index contributed by atoms with van der Waals surface area (Å²) in [6.07, 6.45) is 1.60. The van der Waals surface area contributed by atoms with Crippen LogP contribution in [0.25, 0.3) is 0 Å². The first kappa shape index (κ1) is 11.6. The first-order valence-electron chi connectivity index (χ1n) is 5.61. The van der Waals surface area contributed by atoms with Gasteiger partial charge in [0.05, 0.1) is 6.10 Å². The van der Waals surface area contributed by atoms with Crippen LogP contribution in [0.4, 0.5) is 5.82 Å². The molecule has 1 aromatic heterocycles. The van der Waals surface area contributed by atoms with Crippen molar-refractivity contribution in [2.24, 2.45) is 0 Å². The van der Waals surface area contributed by atoms with Gasteiger partial charge in [-0.1, -0.05) is 30.3 Å². The van der Waals surface area contributed by atoms with Crippen molar-refractivity contribution in [3.63, 3.8) is 0 Å². The van der Waals surface area contributed by atoms with E-state index < -0.39 is 6.10 Å². The molecule has 1 unspecified atom stereocenters. The van der Waals surface area contributed by atoms with Gasteiger partial charge in [0.2, 0.25) is 0 Å². The maximum Gasteiger partial charge on any atom is 0.126 e. The Morgan fingerprint density at radius 3 is 2.71 bits per heavy atom. The molecule has 0 fully saturated rings. The molecule has 1 aromatic carbocycles. The lowest BCUT2D eigenvalue weighted by Gasteiger charge is -2.14. The summed E-state index contributed by atoms with van der Waals surface area (Å²) in [5, 5.41) is 10.2. The fourth-order valence-corrected chi connectivity index (χ4v) is 1.90. The zero-order valence-electron chi connectivity index (χ0n) is 9.80. The van der Waals surface area contributed by atoms with Gasteiger partial charge in [-0.05, 0) is 29.7 Å². The van der Waals surface area contributed by atoms with Crippen LogP contribution in [0.2, 0.25) is 0 Å². The van der Waals surface area contributed by atoms with E-state index in [1.165, 1.54) is 0 Å². The summed E-state index contributed by atoms with van der Waals surface area (Å²) in [6.45, 7) is 1.99. The molecule has 0 spiro atoms. The van der Waals surface area contributed by atoms with Crippen LogP contribution in [0.5, 0.6) is 0 Å². The molecule has 0 aliphatic carbocycles. The Hall–Kier alpha value is -1.87. The van der Waals surface area contributed by atoms with Gasteiger partial charge in [0.1, 0.15) is 5.82 Å². The molecule has 0 aliphatic heterocycles. The van der Waals surface area contributed by atoms with E-state index in [9.17, 15) is 5.11 Å². The molecule has 0 bridgehead atoms. The Bertz CT molecular complexity index is 511. The second-order valence-electron chi connectivity index (χ2n) is 4.12. The number of nitrogens with two attached hydrogens (primary N) is 1. The molecule has 1 atom stereocenters. The third kappa shape index (κ3) is 2.63. The lowest BCUT2D eigenvalue weighted by molar-refractivity contribution is 0.178. The fourth-order valence-electron chi connectivity index (χ4n) is 1.90. The Kier molecular flexibility index (Phi) is 3.40. The van der Waals surface area contributed by atoms with Crippen LogP contribution in [0.15, 0.2) is 42.6 Å². The molecule has 88 valence electrons. The highest BCUT2D eigenvalue weighted by Gasteiger charge is 2.12. The van der Waals surface area contributed by atoms with Crippen LogP contribution in [0.1, 0.15) is 22.8 Å². The molecule has 2 aromatic rings.